The van der Waals surface area contributed by atoms with E-state index in [0.29, 0.717) is 40.5 Å². The van der Waals surface area contributed by atoms with Crippen LogP contribution in [0, 0.1) is 25.1 Å². The Bertz CT molecular complexity index is 1230. The third-order valence-corrected chi connectivity index (χ3v) is 5.35. The maximum Gasteiger partial charge on any atom is 0.257 e. The summed E-state index contributed by atoms with van der Waals surface area (Å²) in [5.41, 5.74) is 1.91. The van der Waals surface area contributed by atoms with Gasteiger partial charge in [-0.15, -0.1) is 6.42 Å². The average Bonchev–Trinajstić information content (AvgIpc) is 3.18. The Morgan fingerprint density at radius 2 is 2.28 bits per heavy atom. The van der Waals surface area contributed by atoms with Crippen molar-refractivity contribution < 1.29 is 13.9 Å². The van der Waals surface area contributed by atoms with Crippen molar-refractivity contribution >= 4 is 17.4 Å². The number of halogens is 1. The number of terminal acetylenes is 1. The molecule has 0 radical (unpaired) electrons. The van der Waals surface area contributed by atoms with Gasteiger partial charge in [0.15, 0.2) is 5.65 Å². The predicted molar refractivity (Wildman–Crippen MR) is 104 cm³/mol. The molecular formula is C21H18FN5O2. The van der Waals surface area contributed by atoms with Crippen LogP contribution < -0.4 is 15.4 Å². The van der Waals surface area contributed by atoms with Crippen molar-refractivity contribution in [3.05, 3.63) is 52.6 Å². The number of carbonyl (C=O) groups is 1. The first-order valence-corrected chi connectivity index (χ1v) is 9.25. The Kier molecular flexibility index (Phi) is 3.59. The second-order valence-electron chi connectivity index (χ2n) is 7.68. The molecule has 29 heavy (non-hydrogen) atoms. The number of fused-ring (bicyclic) bond motifs is 2. The maximum absolute atomic E-state index is 14.3. The predicted octanol–water partition coefficient (Wildman–Crippen LogP) is 2.40. The van der Waals surface area contributed by atoms with E-state index >= 15 is 0 Å². The second kappa shape index (κ2) is 5.95. The second-order valence-corrected chi connectivity index (χ2v) is 7.68. The number of nitrogens with one attached hydrogen (secondary N) is 2. The lowest BCUT2D eigenvalue weighted by molar-refractivity contribution is 0.0839. The molecule has 2 N–H and O–H groups in total. The SMILES string of the molecule is C#C[C@H]1Nc2ccn3nc(C)c(c3n2)C(=O)NC[C@@]2(C)Cc3cc(F)cc1c3O2. The minimum atomic E-state index is -0.722. The topological polar surface area (TPSA) is 80.5 Å². The van der Waals surface area contributed by atoms with Crippen LogP contribution in [0.25, 0.3) is 5.65 Å². The maximum atomic E-state index is 14.3. The normalized spacial score (nSPS) is 22.7. The summed E-state index contributed by atoms with van der Waals surface area (Å²) in [6.45, 7) is 3.88. The van der Waals surface area contributed by atoms with E-state index < -0.39 is 11.6 Å². The minimum Gasteiger partial charge on any atom is -0.485 e. The molecule has 146 valence electrons. The lowest BCUT2D eigenvalue weighted by atomic mass is 9.96. The van der Waals surface area contributed by atoms with Gasteiger partial charge in [0.1, 0.15) is 34.6 Å². The van der Waals surface area contributed by atoms with Crippen LogP contribution >= 0.6 is 0 Å². The molecule has 2 atom stereocenters. The lowest BCUT2D eigenvalue weighted by Crippen LogP contribution is -2.44. The zero-order valence-corrected chi connectivity index (χ0v) is 15.9. The summed E-state index contributed by atoms with van der Waals surface area (Å²) >= 11 is 0. The van der Waals surface area contributed by atoms with E-state index in [4.69, 9.17) is 11.2 Å². The smallest absolute Gasteiger partial charge is 0.257 e. The summed E-state index contributed by atoms with van der Waals surface area (Å²) in [5, 5.41) is 10.4. The van der Waals surface area contributed by atoms with Gasteiger partial charge < -0.3 is 15.4 Å². The quantitative estimate of drug-likeness (QED) is 0.575. The fourth-order valence-electron chi connectivity index (χ4n) is 4.03. The number of carbonyl (C=O) groups excluding carboxylic acids is 1. The van der Waals surface area contributed by atoms with Gasteiger partial charge in [0, 0.05) is 23.7 Å². The molecule has 2 aromatic heterocycles. The molecule has 2 aliphatic rings. The lowest BCUT2D eigenvalue weighted by Gasteiger charge is -2.25. The number of aromatic nitrogens is 3. The first-order valence-electron chi connectivity index (χ1n) is 9.25. The van der Waals surface area contributed by atoms with Gasteiger partial charge >= 0.3 is 0 Å². The summed E-state index contributed by atoms with van der Waals surface area (Å²) in [5.74, 6) is 2.99. The van der Waals surface area contributed by atoms with Crippen LogP contribution in [-0.2, 0) is 6.42 Å². The van der Waals surface area contributed by atoms with Crippen molar-refractivity contribution in [3.8, 4) is 18.1 Å². The number of anilines is 1. The average molecular weight is 391 g/mol. The number of aryl methyl sites for hydroxylation is 1. The Hall–Kier alpha value is -3.60. The molecular weight excluding hydrogens is 373 g/mol. The van der Waals surface area contributed by atoms with Crippen LogP contribution in [0.1, 0.15) is 40.1 Å². The summed E-state index contributed by atoms with van der Waals surface area (Å²) < 4.78 is 22.1. The summed E-state index contributed by atoms with van der Waals surface area (Å²) in [7, 11) is 0. The number of rotatable bonds is 0. The Morgan fingerprint density at radius 3 is 3.07 bits per heavy atom. The van der Waals surface area contributed by atoms with E-state index in [9.17, 15) is 9.18 Å². The number of hydrogen-bond acceptors (Lipinski definition) is 5. The number of ether oxygens (including phenoxy) is 1. The van der Waals surface area contributed by atoms with E-state index in [2.05, 4.69) is 26.6 Å². The molecule has 0 unspecified atom stereocenters. The van der Waals surface area contributed by atoms with Crippen molar-refractivity contribution in [2.24, 2.45) is 0 Å². The van der Waals surface area contributed by atoms with Gasteiger partial charge in [-0.05, 0) is 32.0 Å². The minimum absolute atomic E-state index is 0.242. The number of amides is 1. The first-order chi connectivity index (χ1) is 13.9. The van der Waals surface area contributed by atoms with Gasteiger partial charge in [-0.3, -0.25) is 4.79 Å². The van der Waals surface area contributed by atoms with E-state index in [1.165, 1.54) is 12.1 Å². The summed E-state index contributed by atoms with van der Waals surface area (Å²) in [6.07, 6.45) is 7.93. The molecule has 5 rings (SSSR count). The summed E-state index contributed by atoms with van der Waals surface area (Å²) in [4.78, 5) is 17.5. The standard InChI is InChI=1S/C21H18FN5O2/c1-4-15-14-8-13(22)7-12-9-21(3,29-18(12)14)10-23-20(28)17-11(2)26-27-6-5-16(24-15)25-19(17)27/h1,5-8,15H,9-10H2,2-3H3,(H,23,28)(H,24,25)/t15-,21-/m1/s1. The zero-order valence-electron chi connectivity index (χ0n) is 15.9. The van der Waals surface area contributed by atoms with Crippen molar-refractivity contribution in [2.45, 2.75) is 31.9 Å². The number of benzene rings is 1. The largest absolute Gasteiger partial charge is 0.485 e. The van der Waals surface area contributed by atoms with Crippen LogP contribution in [0.4, 0.5) is 10.2 Å². The van der Waals surface area contributed by atoms with E-state index in [1.807, 2.05) is 6.92 Å². The molecule has 0 saturated carbocycles. The van der Waals surface area contributed by atoms with Crippen molar-refractivity contribution in [3.63, 3.8) is 0 Å². The number of nitrogens with zero attached hydrogens (tertiary/aromatic N) is 3. The fraction of sp³-hybridized carbons (Fsp3) is 0.286. The molecule has 0 aliphatic carbocycles. The van der Waals surface area contributed by atoms with Crippen LogP contribution in [0.3, 0.4) is 0 Å². The molecule has 3 aromatic rings. The van der Waals surface area contributed by atoms with Gasteiger partial charge in [0.2, 0.25) is 0 Å². The monoisotopic (exact) mass is 391 g/mol. The van der Waals surface area contributed by atoms with Crippen LogP contribution in [0.15, 0.2) is 24.4 Å². The fourth-order valence-corrected chi connectivity index (χ4v) is 4.03. The van der Waals surface area contributed by atoms with Gasteiger partial charge in [-0.25, -0.2) is 13.9 Å². The molecule has 8 heteroatoms. The van der Waals surface area contributed by atoms with Gasteiger partial charge in [0.05, 0.1) is 12.2 Å². The van der Waals surface area contributed by atoms with E-state index in [-0.39, 0.29) is 18.3 Å². The molecule has 7 nitrogen and oxygen atoms in total. The highest BCUT2D eigenvalue weighted by molar-refractivity contribution is 6.01. The summed E-state index contributed by atoms with van der Waals surface area (Å²) in [6, 6.07) is 3.88. The number of hydrogen-bond donors (Lipinski definition) is 2. The highest BCUT2D eigenvalue weighted by atomic mass is 19.1. The van der Waals surface area contributed by atoms with Crippen molar-refractivity contribution in [1.82, 2.24) is 19.9 Å². The van der Waals surface area contributed by atoms with Crippen LogP contribution in [0.2, 0.25) is 0 Å². The zero-order chi connectivity index (χ0) is 20.3. The molecule has 0 spiro atoms. The van der Waals surface area contributed by atoms with Crippen molar-refractivity contribution in [2.75, 3.05) is 11.9 Å². The van der Waals surface area contributed by atoms with Crippen molar-refractivity contribution in [1.29, 1.82) is 0 Å². The molecule has 1 amide bonds. The Morgan fingerprint density at radius 1 is 1.45 bits per heavy atom. The Balaban J connectivity index is 1.72. The molecule has 1 aromatic carbocycles. The third-order valence-electron chi connectivity index (χ3n) is 5.35. The first kappa shape index (κ1) is 17.5. The molecule has 4 bridgehead atoms. The molecule has 0 fully saturated rings. The van der Waals surface area contributed by atoms with Crippen LogP contribution in [-0.4, -0.2) is 32.7 Å². The van der Waals surface area contributed by atoms with Gasteiger partial charge in [0.25, 0.3) is 5.91 Å². The van der Waals surface area contributed by atoms with Gasteiger partial charge in [-0.1, -0.05) is 5.92 Å². The molecule has 0 saturated heterocycles. The van der Waals surface area contributed by atoms with Gasteiger partial charge in [-0.2, -0.15) is 5.10 Å². The third kappa shape index (κ3) is 2.70. The van der Waals surface area contributed by atoms with E-state index in [1.54, 1.807) is 23.7 Å². The Labute approximate surface area is 166 Å². The van der Waals surface area contributed by atoms with Crippen LogP contribution in [0.5, 0.6) is 5.75 Å². The highest BCUT2D eigenvalue weighted by Crippen LogP contribution is 2.41. The van der Waals surface area contributed by atoms with E-state index in [0.717, 1.165) is 5.56 Å². The highest BCUT2D eigenvalue weighted by Gasteiger charge is 2.38. The molecule has 2 aliphatic heterocycles. The molecule has 4 heterocycles.